The second-order valence-electron chi connectivity index (χ2n) is 3.28. The van der Waals surface area contributed by atoms with Crippen LogP contribution in [0, 0.1) is 5.41 Å². The summed E-state index contributed by atoms with van der Waals surface area (Å²) >= 11 is 0. The third kappa shape index (κ3) is 1.35. The van der Waals surface area contributed by atoms with E-state index in [-0.39, 0.29) is 11.4 Å². The molecule has 3 N–H and O–H groups in total. The first-order chi connectivity index (χ1) is 6.20. The molecule has 4 heteroatoms. The molecule has 13 heavy (non-hydrogen) atoms. The summed E-state index contributed by atoms with van der Waals surface area (Å²) in [7, 11) is 0. The van der Waals surface area contributed by atoms with Crippen molar-refractivity contribution in [1.82, 2.24) is 4.57 Å². The normalized spacial score (nSPS) is 15.7. The Bertz CT molecular complexity index is 404. The van der Waals surface area contributed by atoms with Crippen LogP contribution in [0.4, 0.5) is 0 Å². The van der Waals surface area contributed by atoms with E-state index in [1.54, 1.807) is 22.9 Å². The molecule has 0 atom stereocenters. The average molecular weight is 177 g/mol. The summed E-state index contributed by atoms with van der Waals surface area (Å²) in [6.07, 6.45) is 3.87. The molecule has 1 heterocycles. The fourth-order valence-corrected chi connectivity index (χ4v) is 1.36. The van der Waals surface area contributed by atoms with Gasteiger partial charge in [-0.3, -0.25) is 10.2 Å². The molecule has 68 valence electrons. The lowest BCUT2D eigenvalue weighted by atomic mass is 10.2. The highest BCUT2D eigenvalue weighted by Crippen LogP contribution is 2.33. The van der Waals surface area contributed by atoms with Crippen LogP contribution in [0.1, 0.15) is 24.4 Å². The van der Waals surface area contributed by atoms with E-state index in [0.29, 0.717) is 11.6 Å². The van der Waals surface area contributed by atoms with E-state index >= 15 is 0 Å². The minimum atomic E-state index is -0.153. The number of nitrogens with one attached hydrogen (secondary N) is 1. The van der Waals surface area contributed by atoms with Crippen LogP contribution in [0.3, 0.4) is 0 Å². The Kier molecular flexibility index (Phi) is 1.69. The van der Waals surface area contributed by atoms with E-state index < -0.39 is 0 Å². The number of nitrogens with zero attached hydrogens (tertiary/aromatic N) is 1. The van der Waals surface area contributed by atoms with Gasteiger partial charge in [-0.05, 0) is 25.0 Å². The Balaban J connectivity index is 2.54. The first kappa shape index (κ1) is 8.04. The first-order valence-corrected chi connectivity index (χ1v) is 4.25. The standard InChI is InChI=1S/C9H11N3O/c10-8(11)7-2-1-5-12(9(7)13)6-3-4-6/h1-2,5-6H,3-4H2,(H3,10,11). The number of amidine groups is 1. The molecule has 4 nitrogen and oxygen atoms in total. The number of hydrogen-bond donors (Lipinski definition) is 2. The Labute approximate surface area is 75.5 Å². The maximum absolute atomic E-state index is 11.6. The van der Waals surface area contributed by atoms with Crippen molar-refractivity contribution >= 4 is 5.84 Å². The molecule has 1 aromatic rings. The van der Waals surface area contributed by atoms with Crippen LogP contribution in [0.5, 0.6) is 0 Å². The van der Waals surface area contributed by atoms with Crippen molar-refractivity contribution in [3.8, 4) is 0 Å². The highest BCUT2D eigenvalue weighted by Gasteiger charge is 2.24. The maximum atomic E-state index is 11.6. The van der Waals surface area contributed by atoms with Crippen molar-refractivity contribution in [2.75, 3.05) is 0 Å². The van der Waals surface area contributed by atoms with Crippen LogP contribution in [0.25, 0.3) is 0 Å². The van der Waals surface area contributed by atoms with Crippen LogP contribution >= 0.6 is 0 Å². The van der Waals surface area contributed by atoms with E-state index in [9.17, 15) is 4.79 Å². The molecule has 1 fully saturated rings. The highest BCUT2D eigenvalue weighted by molar-refractivity contribution is 5.94. The largest absolute Gasteiger partial charge is 0.384 e. The summed E-state index contributed by atoms with van der Waals surface area (Å²) in [6.45, 7) is 0. The molecule has 1 aliphatic carbocycles. The molecule has 0 aliphatic heterocycles. The average Bonchev–Trinajstić information content (AvgIpc) is 2.87. The summed E-state index contributed by atoms with van der Waals surface area (Å²) < 4.78 is 1.66. The second kappa shape index (κ2) is 2.73. The monoisotopic (exact) mass is 177 g/mol. The van der Waals surface area contributed by atoms with E-state index in [4.69, 9.17) is 11.1 Å². The van der Waals surface area contributed by atoms with Crippen molar-refractivity contribution in [3.05, 3.63) is 34.2 Å². The van der Waals surface area contributed by atoms with Crippen LogP contribution in [0.2, 0.25) is 0 Å². The molecule has 1 aromatic heterocycles. The topological polar surface area (TPSA) is 71.9 Å². The SMILES string of the molecule is N=C(N)c1cccn(C2CC2)c1=O. The van der Waals surface area contributed by atoms with E-state index in [1.165, 1.54) is 0 Å². The molecule has 0 bridgehead atoms. The molecular weight excluding hydrogens is 166 g/mol. The van der Waals surface area contributed by atoms with Gasteiger partial charge in [0.25, 0.3) is 5.56 Å². The van der Waals surface area contributed by atoms with Gasteiger partial charge in [-0.25, -0.2) is 0 Å². The summed E-state index contributed by atoms with van der Waals surface area (Å²) in [5.41, 5.74) is 5.43. The lowest BCUT2D eigenvalue weighted by molar-refractivity contribution is 0.705. The number of nitrogens with two attached hydrogens (primary N) is 1. The summed E-state index contributed by atoms with van der Waals surface area (Å²) in [4.78, 5) is 11.6. The van der Waals surface area contributed by atoms with Gasteiger partial charge in [-0.2, -0.15) is 0 Å². The Morgan fingerprint density at radius 2 is 2.31 bits per heavy atom. The lowest BCUT2D eigenvalue weighted by Gasteiger charge is -2.04. The zero-order chi connectivity index (χ0) is 9.42. The Hall–Kier alpha value is -1.58. The van der Waals surface area contributed by atoms with Crippen molar-refractivity contribution < 1.29 is 0 Å². The van der Waals surface area contributed by atoms with Crippen molar-refractivity contribution in [2.24, 2.45) is 5.73 Å². The van der Waals surface area contributed by atoms with Gasteiger partial charge in [0.1, 0.15) is 5.84 Å². The van der Waals surface area contributed by atoms with Gasteiger partial charge in [-0.1, -0.05) is 0 Å². The predicted octanol–water partition coefficient (Wildman–Crippen LogP) is 0.467. The Morgan fingerprint density at radius 3 is 2.85 bits per heavy atom. The molecule has 0 unspecified atom stereocenters. The summed E-state index contributed by atoms with van der Waals surface area (Å²) in [5.74, 6) is -0.153. The van der Waals surface area contributed by atoms with Gasteiger partial charge in [0.15, 0.2) is 0 Å². The molecule has 1 saturated carbocycles. The van der Waals surface area contributed by atoms with Crippen LogP contribution < -0.4 is 11.3 Å². The predicted molar refractivity (Wildman–Crippen MR) is 50.0 cm³/mol. The molecule has 2 rings (SSSR count). The van der Waals surface area contributed by atoms with Crippen molar-refractivity contribution in [3.63, 3.8) is 0 Å². The molecule has 0 radical (unpaired) electrons. The lowest BCUT2D eigenvalue weighted by Crippen LogP contribution is -2.28. The van der Waals surface area contributed by atoms with Crippen molar-refractivity contribution in [2.45, 2.75) is 18.9 Å². The van der Waals surface area contributed by atoms with E-state index in [2.05, 4.69) is 0 Å². The minimum Gasteiger partial charge on any atom is -0.384 e. The van der Waals surface area contributed by atoms with Crippen LogP contribution in [-0.4, -0.2) is 10.4 Å². The fraction of sp³-hybridized carbons (Fsp3) is 0.333. The van der Waals surface area contributed by atoms with Gasteiger partial charge < -0.3 is 10.3 Å². The molecule has 1 aliphatic rings. The zero-order valence-corrected chi connectivity index (χ0v) is 7.16. The van der Waals surface area contributed by atoms with E-state index in [1.807, 2.05) is 0 Å². The molecule has 0 spiro atoms. The third-order valence-corrected chi connectivity index (χ3v) is 2.20. The van der Waals surface area contributed by atoms with Gasteiger partial charge in [-0.15, -0.1) is 0 Å². The first-order valence-electron chi connectivity index (χ1n) is 4.25. The zero-order valence-electron chi connectivity index (χ0n) is 7.16. The molecule has 0 aromatic carbocycles. The number of nitrogen functional groups attached to an aromatic ring is 1. The van der Waals surface area contributed by atoms with Crippen molar-refractivity contribution in [1.29, 1.82) is 5.41 Å². The summed E-state index contributed by atoms with van der Waals surface area (Å²) in [6, 6.07) is 3.69. The van der Waals surface area contributed by atoms with Crippen LogP contribution in [0.15, 0.2) is 23.1 Å². The third-order valence-electron chi connectivity index (χ3n) is 2.20. The number of pyridine rings is 1. The molecule has 0 saturated heterocycles. The van der Waals surface area contributed by atoms with E-state index in [0.717, 1.165) is 12.8 Å². The fourth-order valence-electron chi connectivity index (χ4n) is 1.36. The van der Waals surface area contributed by atoms with Gasteiger partial charge in [0.05, 0.1) is 5.56 Å². The smallest absolute Gasteiger partial charge is 0.261 e. The second-order valence-corrected chi connectivity index (χ2v) is 3.28. The highest BCUT2D eigenvalue weighted by atomic mass is 16.1. The quantitative estimate of drug-likeness (QED) is 0.509. The van der Waals surface area contributed by atoms with Gasteiger partial charge in [0, 0.05) is 12.2 Å². The maximum Gasteiger partial charge on any atom is 0.261 e. The number of rotatable bonds is 2. The number of hydrogen-bond acceptors (Lipinski definition) is 2. The summed E-state index contributed by atoms with van der Waals surface area (Å²) in [5, 5.41) is 7.20. The Morgan fingerprint density at radius 1 is 1.62 bits per heavy atom. The minimum absolute atomic E-state index is 0.141. The van der Waals surface area contributed by atoms with Gasteiger partial charge >= 0.3 is 0 Å². The van der Waals surface area contributed by atoms with Gasteiger partial charge in [0.2, 0.25) is 0 Å². The van der Waals surface area contributed by atoms with Crippen LogP contribution in [-0.2, 0) is 0 Å². The number of aromatic nitrogens is 1. The molecular formula is C9H11N3O. The molecule has 0 amide bonds.